The van der Waals surface area contributed by atoms with Gasteiger partial charge in [0.15, 0.2) is 0 Å². The number of hydrogen-bond donors (Lipinski definition) is 0. The van der Waals surface area contributed by atoms with Crippen LogP contribution in [0.15, 0.2) is 66.7 Å². The molecule has 0 bridgehead atoms. The first-order valence-electron chi connectivity index (χ1n) is 15.2. The molecule has 0 saturated carbocycles. The highest BCUT2D eigenvalue weighted by atomic mass is 19.1. The number of halogens is 1. The van der Waals surface area contributed by atoms with Crippen LogP contribution < -0.4 is 0 Å². The van der Waals surface area contributed by atoms with Crippen LogP contribution in [-0.2, 0) is 12.8 Å². The normalized spacial score (nSPS) is 10.4. The first-order chi connectivity index (χ1) is 19.2. The number of rotatable bonds is 14. The highest BCUT2D eigenvalue weighted by Gasteiger charge is 2.01. The van der Waals surface area contributed by atoms with Crippen LogP contribution in [0.25, 0.3) is 0 Å². The van der Waals surface area contributed by atoms with E-state index < -0.39 is 0 Å². The Bertz CT molecular complexity index is 1230. The molecule has 0 heterocycles. The average Bonchev–Trinajstić information content (AvgIpc) is 2.96. The van der Waals surface area contributed by atoms with Crippen molar-refractivity contribution in [2.75, 3.05) is 0 Å². The highest BCUT2D eigenvalue weighted by Crippen LogP contribution is 2.14. The summed E-state index contributed by atoms with van der Waals surface area (Å²) in [6.45, 7) is 4.50. The van der Waals surface area contributed by atoms with Gasteiger partial charge in [0.2, 0.25) is 0 Å². The second kappa shape index (κ2) is 18.1. The fourth-order valence-electron chi connectivity index (χ4n) is 4.71. The van der Waals surface area contributed by atoms with E-state index in [4.69, 9.17) is 0 Å². The lowest BCUT2D eigenvalue weighted by atomic mass is 10.0. The van der Waals surface area contributed by atoms with Gasteiger partial charge in [-0.3, -0.25) is 0 Å². The predicted molar refractivity (Wildman–Crippen MR) is 165 cm³/mol. The van der Waals surface area contributed by atoms with Gasteiger partial charge in [-0.1, -0.05) is 126 Å². The van der Waals surface area contributed by atoms with Crippen LogP contribution in [0, 0.1) is 29.5 Å². The Morgan fingerprint density at radius 1 is 0.462 bits per heavy atom. The van der Waals surface area contributed by atoms with E-state index in [1.165, 1.54) is 94.2 Å². The van der Waals surface area contributed by atoms with E-state index in [1.54, 1.807) is 6.07 Å². The molecule has 0 spiro atoms. The molecule has 0 unspecified atom stereocenters. The van der Waals surface area contributed by atoms with E-state index in [1.807, 2.05) is 18.2 Å². The number of unbranched alkanes of at least 4 members (excludes halogenated alkanes) is 10. The third-order valence-electron chi connectivity index (χ3n) is 7.21. The number of aryl methyl sites for hydroxylation is 2. The lowest BCUT2D eigenvalue weighted by molar-refractivity contribution is 0.589. The zero-order valence-electron chi connectivity index (χ0n) is 24.1. The summed E-state index contributed by atoms with van der Waals surface area (Å²) in [6.07, 6.45) is 18.0. The molecule has 0 amide bonds. The van der Waals surface area contributed by atoms with Gasteiger partial charge in [0, 0.05) is 16.7 Å². The van der Waals surface area contributed by atoms with E-state index in [-0.39, 0.29) is 5.82 Å². The molecule has 0 aliphatic heterocycles. The number of hydrogen-bond acceptors (Lipinski definition) is 0. The summed E-state index contributed by atoms with van der Waals surface area (Å²) < 4.78 is 14.7. The van der Waals surface area contributed by atoms with E-state index in [0.29, 0.717) is 11.1 Å². The minimum Gasteiger partial charge on any atom is -0.206 e. The van der Waals surface area contributed by atoms with Crippen molar-refractivity contribution in [2.24, 2.45) is 0 Å². The first-order valence-corrected chi connectivity index (χ1v) is 15.2. The molecule has 1 heteroatoms. The molecule has 0 radical (unpaired) electrons. The quantitative estimate of drug-likeness (QED) is 0.146. The summed E-state index contributed by atoms with van der Waals surface area (Å²) in [6, 6.07) is 21.9. The molecule has 39 heavy (non-hydrogen) atoms. The summed E-state index contributed by atoms with van der Waals surface area (Å²) in [5.74, 6) is 12.0. The van der Waals surface area contributed by atoms with Gasteiger partial charge >= 0.3 is 0 Å². The molecular weight excluding hydrogens is 475 g/mol. The summed E-state index contributed by atoms with van der Waals surface area (Å²) >= 11 is 0. The maximum atomic E-state index is 14.7. The second-order valence-electron chi connectivity index (χ2n) is 10.6. The number of benzene rings is 3. The lowest BCUT2D eigenvalue weighted by Crippen LogP contribution is -1.88. The molecule has 3 aromatic rings. The van der Waals surface area contributed by atoms with Crippen LogP contribution in [0.5, 0.6) is 0 Å². The van der Waals surface area contributed by atoms with Gasteiger partial charge in [-0.25, -0.2) is 4.39 Å². The Kier molecular flexibility index (Phi) is 14.0. The Morgan fingerprint density at radius 3 is 1.36 bits per heavy atom. The summed E-state index contributed by atoms with van der Waals surface area (Å²) in [7, 11) is 0. The molecular formula is C38H45F. The SMILES string of the molecule is CCCCCCCCCc1ccc(C#Cc2ccc(C#Cc3ccc(CCCCCCC)cc3)cc2F)cc1. The van der Waals surface area contributed by atoms with Crippen molar-refractivity contribution in [1.82, 2.24) is 0 Å². The largest absolute Gasteiger partial charge is 0.206 e. The monoisotopic (exact) mass is 520 g/mol. The molecule has 0 nitrogen and oxygen atoms in total. The second-order valence-corrected chi connectivity index (χ2v) is 10.6. The van der Waals surface area contributed by atoms with Gasteiger partial charge in [-0.15, -0.1) is 0 Å². The minimum absolute atomic E-state index is 0.330. The Balaban J connectivity index is 1.47. The van der Waals surface area contributed by atoms with Crippen molar-refractivity contribution in [1.29, 1.82) is 0 Å². The maximum absolute atomic E-state index is 14.7. The molecule has 3 rings (SSSR count). The highest BCUT2D eigenvalue weighted by molar-refractivity contribution is 5.49. The predicted octanol–water partition coefficient (Wildman–Crippen LogP) is 10.4. The Labute approximate surface area is 237 Å². The van der Waals surface area contributed by atoms with Crippen LogP contribution in [-0.4, -0.2) is 0 Å². The standard InChI is InChI=1S/C38H45F/c1-3-5-7-9-10-12-14-16-33-19-23-35(24-20-33)27-29-37-30-28-36(31-38(37)39)26-25-34-21-17-32(18-22-34)15-13-11-8-6-4-2/h17-24,28,30-31H,3-16H2,1-2H3. The van der Waals surface area contributed by atoms with E-state index >= 15 is 0 Å². The van der Waals surface area contributed by atoms with Crippen LogP contribution >= 0.6 is 0 Å². The van der Waals surface area contributed by atoms with Gasteiger partial charge in [-0.05, 0) is 79.3 Å². The van der Waals surface area contributed by atoms with Gasteiger partial charge < -0.3 is 0 Å². The van der Waals surface area contributed by atoms with Gasteiger partial charge in [0.1, 0.15) is 5.82 Å². The fraction of sp³-hybridized carbons (Fsp3) is 0.421. The van der Waals surface area contributed by atoms with Gasteiger partial charge in [0.05, 0.1) is 5.56 Å². The van der Waals surface area contributed by atoms with Crippen LogP contribution in [0.3, 0.4) is 0 Å². The van der Waals surface area contributed by atoms with Crippen molar-refractivity contribution in [3.63, 3.8) is 0 Å². The van der Waals surface area contributed by atoms with Gasteiger partial charge in [-0.2, -0.15) is 0 Å². The Hall–Kier alpha value is -3.29. The first kappa shape index (κ1) is 30.3. The molecule has 204 valence electrons. The van der Waals surface area contributed by atoms with Gasteiger partial charge in [0.25, 0.3) is 0 Å². The third-order valence-corrected chi connectivity index (χ3v) is 7.21. The lowest BCUT2D eigenvalue weighted by Gasteiger charge is -2.02. The van der Waals surface area contributed by atoms with Crippen molar-refractivity contribution >= 4 is 0 Å². The molecule has 0 aliphatic carbocycles. The van der Waals surface area contributed by atoms with E-state index in [2.05, 4.69) is 73.9 Å². The van der Waals surface area contributed by atoms with Crippen LogP contribution in [0.4, 0.5) is 4.39 Å². The molecule has 0 aromatic heterocycles. The van der Waals surface area contributed by atoms with Crippen molar-refractivity contribution in [3.05, 3.63) is 106 Å². The smallest absolute Gasteiger partial charge is 0.140 e. The molecule has 0 aliphatic rings. The minimum atomic E-state index is -0.330. The van der Waals surface area contributed by atoms with Crippen LogP contribution in [0.2, 0.25) is 0 Å². The molecule has 0 atom stereocenters. The molecule has 3 aromatic carbocycles. The van der Waals surface area contributed by atoms with Crippen molar-refractivity contribution in [3.8, 4) is 23.7 Å². The summed E-state index contributed by atoms with van der Waals surface area (Å²) in [5.41, 5.74) is 5.62. The zero-order valence-corrected chi connectivity index (χ0v) is 24.1. The average molecular weight is 521 g/mol. The third kappa shape index (κ3) is 12.0. The van der Waals surface area contributed by atoms with Crippen molar-refractivity contribution < 1.29 is 4.39 Å². The summed E-state index contributed by atoms with van der Waals surface area (Å²) in [4.78, 5) is 0. The summed E-state index contributed by atoms with van der Waals surface area (Å²) in [5, 5.41) is 0. The Morgan fingerprint density at radius 2 is 0.872 bits per heavy atom. The maximum Gasteiger partial charge on any atom is 0.140 e. The molecule has 0 saturated heterocycles. The van der Waals surface area contributed by atoms with Crippen LogP contribution in [0.1, 0.15) is 124 Å². The topological polar surface area (TPSA) is 0 Å². The molecule has 0 fully saturated rings. The molecule has 0 N–H and O–H groups in total. The zero-order chi connectivity index (χ0) is 27.5. The fourth-order valence-corrected chi connectivity index (χ4v) is 4.71. The van der Waals surface area contributed by atoms with Crippen molar-refractivity contribution in [2.45, 2.75) is 104 Å². The van der Waals surface area contributed by atoms with E-state index in [0.717, 1.165) is 24.0 Å². The van der Waals surface area contributed by atoms with E-state index in [9.17, 15) is 4.39 Å².